The van der Waals surface area contributed by atoms with Crippen LogP contribution >= 0.6 is 7.14 Å². The minimum absolute atomic E-state index is 0.164. The predicted molar refractivity (Wildman–Crippen MR) is 226 cm³/mol. The molecule has 1 heterocycles. The van der Waals surface area contributed by atoms with Crippen LogP contribution in [0.4, 0.5) is 0 Å². The summed E-state index contributed by atoms with van der Waals surface area (Å²) < 4.78 is 16.7. The largest absolute Gasteiger partial charge is 0.313 e. The van der Waals surface area contributed by atoms with Crippen molar-refractivity contribution in [3.05, 3.63) is 125 Å². The molecule has 7 aromatic rings. The molecule has 2 heteroatoms. The molecule has 7 aromatic carbocycles. The van der Waals surface area contributed by atoms with Crippen LogP contribution in [0.15, 0.2) is 103 Å². The fraction of sp³-hybridized carbons (Fsp3) is 0.320. The summed E-state index contributed by atoms with van der Waals surface area (Å²) in [6, 6.07) is 38.5. The summed E-state index contributed by atoms with van der Waals surface area (Å²) in [6.45, 7) is 12.0. The molecule has 11 rings (SSSR count). The molecule has 5 atom stereocenters. The molecule has 1 aliphatic heterocycles. The summed E-state index contributed by atoms with van der Waals surface area (Å²) in [6.07, 6.45) is 8.99. The van der Waals surface area contributed by atoms with Crippen molar-refractivity contribution in [2.24, 2.45) is 23.2 Å². The quantitative estimate of drug-likeness (QED) is 0.125. The number of hydrogen-bond donors (Lipinski definition) is 0. The third-order valence-corrected chi connectivity index (χ3v) is 18.0. The van der Waals surface area contributed by atoms with Crippen LogP contribution in [-0.4, -0.2) is 5.66 Å². The number of aryl methyl sites for hydroxylation is 2. The maximum Gasteiger partial charge on any atom is 0.147 e. The van der Waals surface area contributed by atoms with E-state index in [1.807, 2.05) is 0 Å². The Morgan fingerprint density at radius 2 is 1.31 bits per heavy atom. The van der Waals surface area contributed by atoms with Crippen LogP contribution in [0.1, 0.15) is 82.6 Å². The zero-order valence-corrected chi connectivity index (χ0v) is 32.2. The lowest BCUT2D eigenvalue weighted by Gasteiger charge is -2.63. The van der Waals surface area contributed by atoms with E-state index in [0.29, 0.717) is 23.2 Å². The van der Waals surface area contributed by atoms with Gasteiger partial charge in [-0.25, -0.2) is 0 Å². The number of rotatable bonds is 6. The first-order valence-electron chi connectivity index (χ1n) is 19.9. The second-order valence-corrected chi connectivity index (χ2v) is 20.0. The molecule has 0 spiro atoms. The zero-order valence-electron chi connectivity index (χ0n) is 31.3. The van der Waals surface area contributed by atoms with E-state index in [4.69, 9.17) is 0 Å². The van der Waals surface area contributed by atoms with Crippen LogP contribution in [-0.2, 0) is 17.4 Å². The van der Waals surface area contributed by atoms with Gasteiger partial charge in [-0.05, 0) is 143 Å². The average Bonchev–Trinajstić information content (AvgIpc) is 3.46. The van der Waals surface area contributed by atoms with E-state index in [1.54, 1.807) is 0 Å². The normalized spacial score (nSPS) is 24.8. The Morgan fingerprint density at radius 1 is 0.654 bits per heavy atom. The highest BCUT2D eigenvalue weighted by atomic mass is 31.2. The smallest absolute Gasteiger partial charge is 0.147 e. The fourth-order valence-electron chi connectivity index (χ4n) is 11.5. The minimum Gasteiger partial charge on any atom is -0.313 e. The maximum absolute atomic E-state index is 16.7. The lowest BCUT2D eigenvalue weighted by Crippen LogP contribution is -2.56. The summed E-state index contributed by atoms with van der Waals surface area (Å²) in [5.41, 5.74) is 5.81. The Bertz CT molecular complexity index is 2690. The van der Waals surface area contributed by atoms with Gasteiger partial charge < -0.3 is 4.57 Å². The summed E-state index contributed by atoms with van der Waals surface area (Å²) in [4.78, 5) is 0. The predicted octanol–water partition coefficient (Wildman–Crippen LogP) is 13.9. The molecule has 2 bridgehead atoms. The number of hydrogen-bond acceptors (Lipinski definition) is 1. The van der Waals surface area contributed by atoms with E-state index < -0.39 is 7.14 Å². The van der Waals surface area contributed by atoms with Crippen LogP contribution < -0.4 is 5.30 Å². The van der Waals surface area contributed by atoms with Gasteiger partial charge >= 0.3 is 0 Å². The topological polar surface area (TPSA) is 17.1 Å². The van der Waals surface area contributed by atoms with Gasteiger partial charge in [-0.1, -0.05) is 138 Å². The molecule has 0 amide bonds. The van der Waals surface area contributed by atoms with Gasteiger partial charge in [0.15, 0.2) is 0 Å². The van der Waals surface area contributed by atoms with Gasteiger partial charge in [0, 0.05) is 16.3 Å². The lowest BCUT2D eigenvalue weighted by atomic mass is 9.46. The van der Waals surface area contributed by atoms with Gasteiger partial charge in [0.25, 0.3) is 0 Å². The van der Waals surface area contributed by atoms with Crippen LogP contribution in [0, 0.1) is 23.2 Å². The molecule has 3 saturated carbocycles. The first kappa shape index (κ1) is 32.5. The van der Waals surface area contributed by atoms with Gasteiger partial charge in [0.05, 0.1) is 0 Å². The van der Waals surface area contributed by atoms with Crippen LogP contribution in [0.5, 0.6) is 0 Å². The Morgan fingerprint density at radius 3 is 2.02 bits per heavy atom. The molecule has 0 saturated heterocycles. The maximum atomic E-state index is 16.7. The van der Waals surface area contributed by atoms with E-state index in [1.165, 1.54) is 77.0 Å². The van der Waals surface area contributed by atoms with E-state index in [2.05, 4.69) is 144 Å². The first-order chi connectivity index (χ1) is 25.2. The molecule has 0 aromatic heterocycles. The highest BCUT2D eigenvalue weighted by molar-refractivity contribution is 7.82. The SMILES string of the molecule is CCCc1c(CCC)c2ccc3ccc4ccc5ccccc5c4c3c2c2cc3c(cc12)C=C(c1ccccc1)[P@@]3(=O)[C@@H]1C[C@@H]2C[C@H]([C@H]1C)C2(C)C. The molecule has 0 N–H and O–H groups in total. The molecule has 1 nitrogen and oxygen atoms in total. The number of fused-ring (bicyclic) bond motifs is 12. The molecule has 4 aliphatic rings. The average molecular weight is 697 g/mol. The Hall–Kier alpha value is -4.19. The van der Waals surface area contributed by atoms with Gasteiger partial charge in [-0.2, -0.15) is 0 Å². The monoisotopic (exact) mass is 696 g/mol. The Labute approximate surface area is 308 Å². The minimum atomic E-state index is -3.01. The second-order valence-electron chi connectivity index (χ2n) is 17.0. The van der Waals surface area contributed by atoms with E-state index in [9.17, 15) is 0 Å². The Balaban J connectivity index is 1.36. The number of benzene rings is 7. The van der Waals surface area contributed by atoms with E-state index in [0.717, 1.165) is 48.3 Å². The van der Waals surface area contributed by atoms with Crippen molar-refractivity contribution in [2.45, 2.75) is 78.8 Å². The van der Waals surface area contributed by atoms with Crippen molar-refractivity contribution in [1.29, 1.82) is 0 Å². The highest BCUT2D eigenvalue weighted by Gasteiger charge is 2.61. The summed E-state index contributed by atoms with van der Waals surface area (Å²) in [5, 5.41) is 15.4. The van der Waals surface area contributed by atoms with E-state index >= 15 is 4.57 Å². The van der Waals surface area contributed by atoms with Crippen molar-refractivity contribution >= 4 is 77.7 Å². The van der Waals surface area contributed by atoms with Crippen LogP contribution in [0.2, 0.25) is 0 Å². The summed E-state index contributed by atoms with van der Waals surface area (Å²) >= 11 is 0. The van der Waals surface area contributed by atoms with Crippen molar-refractivity contribution in [3.63, 3.8) is 0 Å². The van der Waals surface area contributed by atoms with Gasteiger partial charge in [-0.15, -0.1) is 0 Å². The van der Waals surface area contributed by atoms with E-state index in [-0.39, 0.29) is 5.66 Å². The third-order valence-electron chi connectivity index (χ3n) is 14.2. The van der Waals surface area contributed by atoms with Crippen molar-refractivity contribution in [3.8, 4) is 0 Å². The summed E-state index contributed by atoms with van der Waals surface area (Å²) in [5.74, 6) is 1.68. The molecular formula is C50H49OP. The van der Waals surface area contributed by atoms with Gasteiger partial charge in [0.2, 0.25) is 0 Å². The first-order valence-corrected chi connectivity index (χ1v) is 21.7. The molecule has 260 valence electrons. The van der Waals surface area contributed by atoms with Crippen molar-refractivity contribution < 1.29 is 4.57 Å². The third kappa shape index (κ3) is 4.33. The standard InChI is InChI=1S/C50H49OP/c1-6-13-38-39(14-7-2)41-25-35-26-45(32-16-9-8-10-17-32)52(51,44-28-36-27-43(30(44)3)50(36,4)5)46(35)29-42(41)49-40(38)24-23-34-22-21-33-20-19-31-15-11-12-18-37(31)47(33)48(34)49/h8-12,15-26,29-30,36,43-44H,6-7,13-14,27-28H2,1-5H3/t30-,36+,43-,44-,52+/m1/s1. The van der Waals surface area contributed by atoms with Crippen LogP contribution in [0.25, 0.3) is 65.3 Å². The molecule has 0 radical (unpaired) electrons. The molecular weight excluding hydrogens is 648 g/mol. The second kappa shape index (κ2) is 11.7. The van der Waals surface area contributed by atoms with Crippen LogP contribution in [0.3, 0.4) is 0 Å². The Kier molecular flexibility index (Phi) is 7.27. The molecule has 3 fully saturated rings. The lowest BCUT2D eigenvalue weighted by molar-refractivity contribution is -0.0963. The molecule has 3 aliphatic carbocycles. The fourth-order valence-corrected chi connectivity index (χ4v) is 15.6. The van der Waals surface area contributed by atoms with Crippen molar-refractivity contribution in [2.75, 3.05) is 0 Å². The molecule has 0 unspecified atom stereocenters. The van der Waals surface area contributed by atoms with Crippen molar-refractivity contribution in [1.82, 2.24) is 0 Å². The summed E-state index contributed by atoms with van der Waals surface area (Å²) in [7, 11) is -3.01. The van der Waals surface area contributed by atoms with Gasteiger partial charge in [-0.3, -0.25) is 0 Å². The zero-order chi connectivity index (χ0) is 35.5. The molecule has 52 heavy (non-hydrogen) atoms. The highest BCUT2D eigenvalue weighted by Crippen LogP contribution is 2.75. The van der Waals surface area contributed by atoms with Gasteiger partial charge in [0.1, 0.15) is 7.14 Å².